The van der Waals surface area contributed by atoms with E-state index in [1.807, 2.05) is 31.2 Å². The van der Waals surface area contributed by atoms with Crippen LogP contribution < -0.4 is 4.74 Å². The molecule has 1 saturated heterocycles. The summed E-state index contributed by atoms with van der Waals surface area (Å²) >= 11 is 0. The number of carbonyl (C=O) groups excluding carboxylic acids is 1. The number of piperidine rings is 1. The second kappa shape index (κ2) is 7.24. The highest BCUT2D eigenvalue weighted by Crippen LogP contribution is 2.25. The third kappa shape index (κ3) is 4.49. The van der Waals surface area contributed by atoms with Crippen molar-refractivity contribution < 1.29 is 19.4 Å². The normalized spacial score (nSPS) is 21.4. The molecule has 132 valence electrons. The highest BCUT2D eigenvalue weighted by molar-refractivity contribution is 5.78. The maximum atomic E-state index is 12.3. The molecule has 1 N–H and O–H groups in total. The number of carbonyl (C=O) groups is 2. The van der Waals surface area contributed by atoms with Crippen molar-refractivity contribution in [1.82, 2.24) is 4.90 Å². The number of carboxylic acid groups (broad SMARTS) is 1. The predicted octanol–water partition coefficient (Wildman–Crippen LogP) is 2.93. The lowest BCUT2D eigenvalue weighted by Gasteiger charge is -2.34. The standard InChI is InChI=1S/C19H27NO4/c1-13-11-20(10-9-16(13)18(22)23)17(21)12-24-15-7-5-14(6-8-15)19(2,3)4/h5-8,13,16H,9-12H2,1-4H3,(H,22,23). The van der Waals surface area contributed by atoms with Crippen LogP contribution in [0.15, 0.2) is 24.3 Å². The molecule has 0 spiro atoms. The van der Waals surface area contributed by atoms with E-state index in [2.05, 4.69) is 20.8 Å². The lowest BCUT2D eigenvalue weighted by Crippen LogP contribution is -2.46. The number of benzene rings is 1. The molecular formula is C19H27NO4. The number of hydrogen-bond donors (Lipinski definition) is 1. The molecule has 2 unspecified atom stereocenters. The first-order valence-electron chi connectivity index (χ1n) is 8.42. The Bertz CT molecular complexity index is 588. The Labute approximate surface area is 143 Å². The fourth-order valence-electron chi connectivity index (χ4n) is 3.03. The van der Waals surface area contributed by atoms with E-state index in [1.54, 1.807) is 4.90 Å². The SMILES string of the molecule is CC1CN(C(=O)COc2ccc(C(C)(C)C)cc2)CCC1C(=O)O. The van der Waals surface area contributed by atoms with Crippen LogP contribution in [-0.2, 0) is 15.0 Å². The van der Waals surface area contributed by atoms with Gasteiger partial charge in [-0.25, -0.2) is 0 Å². The molecule has 0 radical (unpaired) electrons. The van der Waals surface area contributed by atoms with Gasteiger partial charge in [0.2, 0.25) is 0 Å². The molecule has 5 nitrogen and oxygen atoms in total. The van der Waals surface area contributed by atoms with Crippen LogP contribution in [0.1, 0.15) is 39.7 Å². The quantitative estimate of drug-likeness (QED) is 0.920. The van der Waals surface area contributed by atoms with E-state index >= 15 is 0 Å². The van der Waals surface area contributed by atoms with Crippen molar-refractivity contribution in [3.63, 3.8) is 0 Å². The van der Waals surface area contributed by atoms with Gasteiger partial charge in [-0.1, -0.05) is 39.8 Å². The van der Waals surface area contributed by atoms with Crippen LogP contribution in [0.25, 0.3) is 0 Å². The summed E-state index contributed by atoms with van der Waals surface area (Å²) in [5.74, 6) is -0.591. The molecule has 2 rings (SSSR count). The molecule has 1 aromatic carbocycles. The summed E-state index contributed by atoms with van der Waals surface area (Å²) in [7, 11) is 0. The number of amides is 1. The molecule has 1 heterocycles. The zero-order chi connectivity index (χ0) is 17.9. The minimum Gasteiger partial charge on any atom is -0.484 e. The van der Waals surface area contributed by atoms with Crippen molar-refractivity contribution in [3.05, 3.63) is 29.8 Å². The average Bonchev–Trinajstić information content (AvgIpc) is 2.51. The Kier molecular flexibility index (Phi) is 5.52. The van der Waals surface area contributed by atoms with E-state index in [0.29, 0.717) is 25.3 Å². The average molecular weight is 333 g/mol. The molecule has 24 heavy (non-hydrogen) atoms. The lowest BCUT2D eigenvalue weighted by atomic mass is 9.87. The molecule has 1 amide bonds. The summed E-state index contributed by atoms with van der Waals surface area (Å²) in [4.78, 5) is 25.1. The van der Waals surface area contributed by atoms with Crippen molar-refractivity contribution in [2.24, 2.45) is 11.8 Å². The maximum absolute atomic E-state index is 12.3. The van der Waals surface area contributed by atoms with Gasteiger partial charge >= 0.3 is 5.97 Å². The molecule has 1 aromatic rings. The minimum absolute atomic E-state index is 0.0146. The van der Waals surface area contributed by atoms with Crippen LogP contribution in [0.4, 0.5) is 0 Å². The van der Waals surface area contributed by atoms with Gasteiger partial charge in [-0.3, -0.25) is 9.59 Å². The number of hydrogen-bond acceptors (Lipinski definition) is 3. The molecule has 1 aliphatic heterocycles. The highest BCUT2D eigenvalue weighted by atomic mass is 16.5. The monoisotopic (exact) mass is 333 g/mol. The summed E-state index contributed by atoms with van der Waals surface area (Å²) in [6, 6.07) is 7.79. The zero-order valence-corrected chi connectivity index (χ0v) is 14.9. The van der Waals surface area contributed by atoms with Crippen LogP contribution in [0.3, 0.4) is 0 Å². The Hall–Kier alpha value is -2.04. The Balaban J connectivity index is 1.86. The molecular weight excluding hydrogens is 306 g/mol. The topological polar surface area (TPSA) is 66.8 Å². The summed E-state index contributed by atoms with van der Waals surface area (Å²) in [6.45, 7) is 9.26. The van der Waals surface area contributed by atoms with Crippen LogP contribution in [0.5, 0.6) is 5.75 Å². The van der Waals surface area contributed by atoms with E-state index in [9.17, 15) is 9.59 Å². The van der Waals surface area contributed by atoms with Gasteiger partial charge in [-0.15, -0.1) is 0 Å². The second-order valence-electron chi connectivity index (χ2n) is 7.61. The first-order chi connectivity index (χ1) is 11.2. The van der Waals surface area contributed by atoms with Crippen molar-refractivity contribution in [1.29, 1.82) is 0 Å². The van der Waals surface area contributed by atoms with E-state index < -0.39 is 5.97 Å². The maximum Gasteiger partial charge on any atom is 0.306 e. The van der Waals surface area contributed by atoms with Gasteiger partial charge < -0.3 is 14.7 Å². The minimum atomic E-state index is -0.773. The first kappa shape index (κ1) is 18.3. The summed E-state index contributed by atoms with van der Waals surface area (Å²) in [5, 5.41) is 9.14. The zero-order valence-electron chi connectivity index (χ0n) is 14.9. The number of carboxylic acids is 1. The van der Waals surface area contributed by atoms with Crippen molar-refractivity contribution in [2.75, 3.05) is 19.7 Å². The third-order valence-corrected chi connectivity index (χ3v) is 4.66. The summed E-state index contributed by atoms with van der Waals surface area (Å²) < 4.78 is 5.59. The van der Waals surface area contributed by atoms with Crippen molar-refractivity contribution in [3.8, 4) is 5.75 Å². The number of aliphatic carboxylic acids is 1. The van der Waals surface area contributed by atoms with E-state index in [4.69, 9.17) is 9.84 Å². The fourth-order valence-corrected chi connectivity index (χ4v) is 3.03. The first-order valence-corrected chi connectivity index (χ1v) is 8.42. The number of nitrogens with zero attached hydrogens (tertiary/aromatic N) is 1. The summed E-state index contributed by atoms with van der Waals surface area (Å²) in [5.41, 5.74) is 1.30. The molecule has 0 saturated carbocycles. The third-order valence-electron chi connectivity index (χ3n) is 4.66. The van der Waals surface area contributed by atoms with Gasteiger partial charge in [0.05, 0.1) is 5.92 Å². The Morgan fingerprint density at radius 2 is 1.88 bits per heavy atom. The Morgan fingerprint density at radius 1 is 1.25 bits per heavy atom. The van der Waals surface area contributed by atoms with Crippen LogP contribution in [0.2, 0.25) is 0 Å². The molecule has 5 heteroatoms. The Morgan fingerprint density at radius 3 is 2.38 bits per heavy atom. The van der Waals surface area contributed by atoms with Gasteiger partial charge in [0.25, 0.3) is 5.91 Å². The van der Waals surface area contributed by atoms with Gasteiger partial charge in [0, 0.05) is 13.1 Å². The molecule has 1 aliphatic rings. The predicted molar refractivity (Wildman–Crippen MR) is 92.1 cm³/mol. The van der Waals surface area contributed by atoms with Crippen molar-refractivity contribution in [2.45, 2.75) is 39.5 Å². The molecule has 1 fully saturated rings. The lowest BCUT2D eigenvalue weighted by molar-refractivity contribution is -0.148. The van der Waals surface area contributed by atoms with Crippen LogP contribution >= 0.6 is 0 Å². The summed E-state index contributed by atoms with van der Waals surface area (Å²) in [6.07, 6.45) is 0.502. The molecule has 2 atom stereocenters. The molecule has 0 bridgehead atoms. The van der Waals surface area contributed by atoms with Crippen molar-refractivity contribution >= 4 is 11.9 Å². The van der Waals surface area contributed by atoms with Gasteiger partial charge in [0.15, 0.2) is 6.61 Å². The fraction of sp³-hybridized carbons (Fsp3) is 0.579. The number of ether oxygens (including phenoxy) is 1. The van der Waals surface area contributed by atoms with Gasteiger partial charge in [-0.2, -0.15) is 0 Å². The second-order valence-corrected chi connectivity index (χ2v) is 7.61. The highest BCUT2D eigenvalue weighted by Gasteiger charge is 2.33. The van der Waals surface area contributed by atoms with Gasteiger partial charge in [0.1, 0.15) is 5.75 Å². The molecule has 0 aromatic heterocycles. The van der Waals surface area contributed by atoms with Crippen LogP contribution in [0, 0.1) is 11.8 Å². The largest absolute Gasteiger partial charge is 0.484 e. The van der Waals surface area contributed by atoms with Gasteiger partial charge in [-0.05, 0) is 35.4 Å². The van der Waals surface area contributed by atoms with Crippen LogP contribution in [-0.4, -0.2) is 41.6 Å². The molecule has 0 aliphatic carbocycles. The number of likely N-dealkylation sites (tertiary alicyclic amines) is 1. The van der Waals surface area contributed by atoms with E-state index in [-0.39, 0.29) is 29.8 Å². The smallest absolute Gasteiger partial charge is 0.306 e. The van der Waals surface area contributed by atoms with E-state index in [0.717, 1.165) is 0 Å². The van der Waals surface area contributed by atoms with E-state index in [1.165, 1.54) is 5.56 Å². The number of rotatable bonds is 4.